The van der Waals surface area contributed by atoms with Crippen LogP contribution in [0.25, 0.3) is 0 Å². The van der Waals surface area contributed by atoms with Crippen LogP contribution in [0, 0.1) is 0 Å². The monoisotopic (exact) mass is 336 g/mol. The summed E-state index contributed by atoms with van der Waals surface area (Å²) < 4.78 is 22.0. The van der Waals surface area contributed by atoms with Crippen molar-refractivity contribution in [1.29, 1.82) is 0 Å². The highest BCUT2D eigenvalue weighted by Gasteiger charge is 2.20. The van der Waals surface area contributed by atoms with E-state index in [4.69, 9.17) is 18.6 Å². The van der Waals surface area contributed by atoms with Gasteiger partial charge < -0.3 is 18.6 Å². The predicted octanol–water partition coefficient (Wildman–Crippen LogP) is 1.18. The van der Waals surface area contributed by atoms with Gasteiger partial charge in [0, 0.05) is 12.1 Å². The molecule has 0 aliphatic carbocycles. The Hall–Kier alpha value is -2.43. The molecule has 0 aliphatic rings. The fourth-order valence-electron chi connectivity index (χ4n) is 2.46. The zero-order valence-corrected chi connectivity index (χ0v) is 15.1. The predicted molar refractivity (Wildman–Crippen MR) is 106 cm³/mol. The van der Waals surface area contributed by atoms with Gasteiger partial charge in [-0.05, 0) is 24.3 Å². The van der Waals surface area contributed by atoms with Crippen LogP contribution in [0.2, 0.25) is 20.5 Å². The topological polar surface area (TPSA) is 54.0 Å². The second kappa shape index (κ2) is 9.16. The van der Waals surface area contributed by atoms with E-state index < -0.39 is 0 Å². The van der Waals surface area contributed by atoms with Crippen LogP contribution >= 0.6 is 0 Å². The lowest BCUT2D eigenvalue weighted by molar-refractivity contribution is 0.103. The summed E-state index contributed by atoms with van der Waals surface area (Å²) in [4.78, 5) is 13.1. The minimum Gasteiger partial charge on any atom is -0.568 e. The van der Waals surface area contributed by atoms with E-state index >= 15 is 0 Å². The molecular weight excluding hydrogens is 315 g/mol. The van der Waals surface area contributed by atoms with Gasteiger partial charge in [0.05, 0.1) is 11.1 Å². The van der Waals surface area contributed by atoms with Crippen LogP contribution in [0.3, 0.4) is 0 Å². The van der Waals surface area contributed by atoms with E-state index in [1.165, 1.54) is 0 Å². The third-order valence-corrected chi connectivity index (χ3v) is 3.54. The van der Waals surface area contributed by atoms with Crippen LogP contribution < -0.4 is 18.6 Å². The van der Waals surface area contributed by atoms with Crippen molar-refractivity contribution in [3.8, 4) is 23.0 Å². The highest BCUT2D eigenvalue weighted by molar-refractivity contribution is 6.28. The van der Waals surface area contributed by atoms with Crippen molar-refractivity contribution in [1.82, 2.24) is 0 Å². The van der Waals surface area contributed by atoms with E-state index in [-0.39, 0.29) is 5.78 Å². The van der Waals surface area contributed by atoms with Crippen molar-refractivity contribution in [2.75, 3.05) is 0 Å². The van der Waals surface area contributed by atoms with Crippen molar-refractivity contribution in [3.63, 3.8) is 0 Å². The highest BCUT2D eigenvalue weighted by Crippen LogP contribution is 2.31. The maximum absolute atomic E-state index is 13.1. The second-order valence-corrected chi connectivity index (χ2v) is 5.15. The van der Waals surface area contributed by atoms with Crippen molar-refractivity contribution in [2.45, 2.75) is 20.5 Å². The molecule has 0 unspecified atom stereocenters. The van der Waals surface area contributed by atoms with E-state index in [1.54, 1.807) is 44.4 Å². The number of hydrogen-bond donors (Lipinski definition) is 0. The molecule has 0 N–H and O–H groups in total. The maximum Gasteiger partial charge on any atom is 0.336 e. The standard InChI is InChI=1S/C16H20B4O5/c1-18-23-11-5-7-13(15(9-11)25-20-3)16(21)12-6-4-10(22-17)8-14(12)24-19-2/h4-9,18-20H,17H2,1-3H3. The Morgan fingerprint density at radius 2 is 1.28 bits per heavy atom. The molecule has 9 heteroatoms. The first-order chi connectivity index (χ1) is 12.1. The quantitative estimate of drug-likeness (QED) is 0.509. The number of benzene rings is 2. The summed E-state index contributed by atoms with van der Waals surface area (Å²) in [7, 11) is 3.03. The number of carbonyl (C=O) groups is 1. The SMILES string of the molecule is BOc1ccc(C(=O)c2ccc(OBC)cc2OBC)c(OBC)c1. The lowest BCUT2D eigenvalue weighted by Gasteiger charge is -2.15. The van der Waals surface area contributed by atoms with Crippen LogP contribution in [0.1, 0.15) is 15.9 Å². The minimum absolute atomic E-state index is 0.169. The molecule has 2 aromatic rings. The smallest absolute Gasteiger partial charge is 0.336 e. The Kier molecular flexibility index (Phi) is 6.92. The Bertz CT molecular complexity index is 738. The summed E-state index contributed by atoms with van der Waals surface area (Å²) in [6.45, 7) is 5.65. The van der Waals surface area contributed by atoms with Gasteiger partial charge in [0.1, 0.15) is 23.0 Å². The summed E-state index contributed by atoms with van der Waals surface area (Å²) in [5.41, 5.74) is 0.934. The minimum atomic E-state index is -0.169. The molecule has 0 atom stereocenters. The lowest BCUT2D eigenvalue weighted by atomic mass is 9.98. The molecule has 0 heterocycles. The number of carbonyl (C=O) groups excluding carboxylic acids is 1. The molecule has 0 aliphatic heterocycles. The summed E-state index contributed by atoms with van der Waals surface area (Å²) in [6.07, 6.45) is 0. The van der Waals surface area contributed by atoms with Crippen molar-refractivity contribution < 1.29 is 23.4 Å². The Morgan fingerprint density at radius 3 is 1.76 bits per heavy atom. The third kappa shape index (κ3) is 4.56. The second-order valence-electron chi connectivity index (χ2n) is 5.15. The van der Waals surface area contributed by atoms with Crippen molar-refractivity contribution >= 4 is 36.3 Å². The molecule has 0 amide bonds. The molecule has 0 aromatic heterocycles. The molecule has 126 valence electrons. The maximum atomic E-state index is 13.1. The largest absolute Gasteiger partial charge is 0.568 e. The van der Waals surface area contributed by atoms with Crippen LogP contribution in [-0.4, -0.2) is 36.3 Å². The first kappa shape index (κ1) is 18.9. The molecule has 5 nitrogen and oxygen atoms in total. The van der Waals surface area contributed by atoms with Gasteiger partial charge in [-0.15, -0.1) is 0 Å². The fourth-order valence-corrected chi connectivity index (χ4v) is 2.46. The Morgan fingerprint density at radius 1 is 0.800 bits per heavy atom. The van der Waals surface area contributed by atoms with Gasteiger partial charge in [-0.1, -0.05) is 20.5 Å². The fraction of sp³-hybridized carbons (Fsp3) is 0.188. The highest BCUT2D eigenvalue weighted by atomic mass is 16.4. The van der Waals surface area contributed by atoms with E-state index in [2.05, 4.69) is 0 Å². The first-order valence-electron chi connectivity index (χ1n) is 8.39. The molecule has 2 aromatic carbocycles. The molecule has 0 fully saturated rings. The Labute approximate surface area is 151 Å². The van der Waals surface area contributed by atoms with Crippen molar-refractivity contribution in [2.24, 2.45) is 0 Å². The number of hydrogen-bond acceptors (Lipinski definition) is 5. The van der Waals surface area contributed by atoms with E-state index in [0.717, 1.165) is 0 Å². The zero-order chi connectivity index (χ0) is 18.2. The van der Waals surface area contributed by atoms with Crippen LogP contribution in [0.4, 0.5) is 0 Å². The number of rotatable bonds is 9. The summed E-state index contributed by atoms with van der Waals surface area (Å²) in [6, 6.07) is 10.4. The van der Waals surface area contributed by atoms with Gasteiger partial charge >= 0.3 is 30.5 Å². The van der Waals surface area contributed by atoms with E-state index in [9.17, 15) is 4.79 Å². The molecular formula is C16H20B4O5. The van der Waals surface area contributed by atoms with Crippen molar-refractivity contribution in [3.05, 3.63) is 47.5 Å². The van der Waals surface area contributed by atoms with Gasteiger partial charge in [-0.25, -0.2) is 0 Å². The van der Waals surface area contributed by atoms with Gasteiger partial charge in [-0.2, -0.15) is 0 Å². The third-order valence-electron chi connectivity index (χ3n) is 3.54. The van der Waals surface area contributed by atoms with E-state index in [0.29, 0.717) is 56.6 Å². The zero-order valence-electron chi connectivity index (χ0n) is 15.1. The molecule has 0 saturated heterocycles. The van der Waals surface area contributed by atoms with E-state index in [1.807, 2.05) is 20.5 Å². The summed E-state index contributed by atoms with van der Waals surface area (Å²) in [5, 5.41) is 0. The lowest BCUT2D eigenvalue weighted by Crippen LogP contribution is -2.10. The first-order valence-corrected chi connectivity index (χ1v) is 8.39. The normalized spacial score (nSPS) is 9.72. The van der Waals surface area contributed by atoms with Crippen LogP contribution in [0.15, 0.2) is 36.4 Å². The summed E-state index contributed by atoms with van der Waals surface area (Å²) >= 11 is 0. The average molecular weight is 336 g/mol. The van der Waals surface area contributed by atoms with Gasteiger partial charge in [0.2, 0.25) is 0 Å². The molecule has 2 rings (SSSR count). The van der Waals surface area contributed by atoms with Crippen LogP contribution in [0.5, 0.6) is 23.0 Å². The van der Waals surface area contributed by atoms with Gasteiger partial charge in [0.15, 0.2) is 5.78 Å². The van der Waals surface area contributed by atoms with Gasteiger partial charge in [-0.3, -0.25) is 4.79 Å². The molecule has 25 heavy (non-hydrogen) atoms. The molecule has 0 radical (unpaired) electrons. The molecule has 0 spiro atoms. The Balaban J connectivity index is 2.45. The molecule has 0 bridgehead atoms. The summed E-state index contributed by atoms with van der Waals surface area (Å²) in [5.74, 6) is 2.12. The average Bonchev–Trinajstić information content (AvgIpc) is 2.62. The van der Waals surface area contributed by atoms with Gasteiger partial charge in [0.25, 0.3) is 0 Å². The molecule has 0 saturated carbocycles. The number of ketones is 1. The van der Waals surface area contributed by atoms with Crippen LogP contribution in [-0.2, 0) is 0 Å².